The van der Waals surface area contributed by atoms with E-state index in [0.29, 0.717) is 22.4 Å². The number of hydrogen-bond acceptors (Lipinski definition) is 5. The molecule has 0 aliphatic carbocycles. The molecule has 0 saturated carbocycles. The molecule has 1 heterocycles. The fourth-order valence-corrected chi connectivity index (χ4v) is 2.81. The van der Waals surface area contributed by atoms with Crippen LogP contribution in [0.2, 0.25) is 0 Å². The molecule has 0 N–H and O–H groups in total. The summed E-state index contributed by atoms with van der Waals surface area (Å²) in [4.78, 5) is 24.7. The average Bonchev–Trinajstić information content (AvgIpc) is 3.00. The van der Waals surface area contributed by atoms with Crippen molar-refractivity contribution in [1.82, 2.24) is 0 Å². The van der Waals surface area contributed by atoms with Crippen molar-refractivity contribution in [2.75, 3.05) is 14.2 Å². The molecule has 3 rings (SSSR count). The van der Waals surface area contributed by atoms with E-state index in [4.69, 9.17) is 14.2 Å². The van der Waals surface area contributed by atoms with Gasteiger partial charge in [-0.3, -0.25) is 0 Å². The van der Waals surface area contributed by atoms with E-state index in [-0.39, 0.29) is 0 Å². The molecular weight excluding hydrogens is 308 g/mol. The topological polar surface area (TPSA) is 61.8 Å². The largest absolute Gasteiger partial charge is 0.497 e. The first kappa shape index (κ1) is 15.8. The first-order valence-electron chi connectivity index (χ1n) is 7.35. The van der Waals surface area contributed by atoms with Crippen LogP contribution in [-0.2, 0) is 24.7 Å². The maximum atomic E-state index is 12.6. The van der Waals surface area contributed by atoms with Gasteiger partial charge in [0.2, 0.25) is 0 Å². The highest BCUT2D eigenvalue weighted by Gasteiger charge is 2.53. The van der Waals surface area contributed by atoms with Gasteiger partial charge in [-0.25, -0.2) is 9.59 Å². The Hall–Kier alpha value is -3.08. The van der Waals surface area contributed by atoms with Crippen LogP contribution in [0.15, 0.2) is 60.7 Å². The molecule has 0 amide bonds. The Morgan fingerprint density at radius 3 is 2.25 bits per heavy atom. The molecule has 24 heavy (non-hydrogen) atoms. The SMILES string of the molecule is COC(=O)[C@@]1(c2ccccc2)OC(=O)C=C1c1ccc(OC)cc1. The van der Waals surface area contributed by atoms with Gasteiger partial charge in [-0.15, -0.1) is 0 Å². The van der Waals surface area contributed by atoms with Crippen LogP contribution >= 0.6 is 0 Å². The molecule has 2 aromatic carbocycles. The zero-order valence-electron chi connectivity index (χ0n) is 13.3. The van der Waals surface area contributed by atoms with Gasteiger partial charge in [-0.1, -0.05) is 42.5 Å². The molecule has 2 aromatic rings. The lowest BCUT2D eigenvalue weighted by atomic mass is 9.83. The Kier molecular flexibility index (Phi) is 4.08. The summed E-state index contributed by atoms with van der Waals surface area (Å²) in [5.74, 6) is -0.565. The minimum atomic E-state index is -1.61. The highest BCUT2D eigenvalue weighted by atomic mass is 16.6. The molecule has 0 fully saturated rings. The summed E-state index contributed by atoms with van der Waals surface area (Å²) in [6.45, 7) is 0. The maximum absolute atomic E-state index is 12.6. The zero-order chi connectivity index (χ0) is 17.2. The van der Waals surface area contributed by atoms with Crippen molar-refractivity contribution in [3.8, 4) is 5.75 Å². The van der Waals surface area contributed by atoms with Gasteiger partial charge in [0.15, 0.2) is 0 Å². The quantitative estimate of drug-likeness (QED) is 0.809. The van der Waals surface area contributed by atoms with Crippen LogP contribution in [-0.4, -0.2) is 26.2 Å². The van der Waals surface area contributed by atoms with E-state index >= 15 is 0 Å². The van der Waals surface area contributed by atoms with Gasteiger partial charge in [0.1, 0.15) is 5.75 Å². The molecule has 0 bridgehead atoms. The number of carbonyl (C=O) groups excluding carboxylic acids is 2. The molecule has 1 aliphatic heterocycles. The zero-order valence-corrected chi connectivity index (χ0v) is 13.3. The fourth-order valence-electron chi connectivity index (χ4n) is 2.81. The van der Waals surface area contributed by atoms with Gasteiger partial charge >= 0.3 is 11.9 Å². The summed E-state index contributed by atoms with van der Waals surface area (Å²) in [5.41, 5.74) is 0.0377. The number of ether oxygens (including phenoxy) is 3. The van der Waals surface area contributed by atoms with E-state index in [1.54, 1.807) is 55.6 Å². The Balaban J connectivity index is 2.18. The predicted molar refractivity (Wildman–Crippen MR) is 87.2 cm³/mol. The van der Waals surface area contributed by atoms with Crippen molar-refractivity contribution in [2.24, 2.45) is 0 Å². The van der Waals surface area contributed by atoms with E-state index in [2.05, 4.69) is 0 Å². The smallest absolute Gasteiger partial charge is 0.360 e. The fraction of sp³-hybridized carbons (Fsp3) is 0.158. The maximum Gasteiger partial charge on any atom is 0.360 e. The summed E-state index contributed by atoms with van der Waals surface area (Å²) < 4.78 is 15.6. The van der Waals surface area contributed by atoms with Crippen molar-refractivity contribution in [1.29, 1.82) is 0 Å². The lowest BCUT2D eigenvalue weighted by Gasteiger charge is -2.29. The van der Waals surface area contributed by atoms with Crippen LogP contribution in [0.1, 0.15) is 11.1 Å². The molecule has 5 heteroatoms. The molecule has 0 radical (unpaired) electrons. The summed E-state index contributed by atoms with van der Waals surface area (Å²) in [6, 6.07) is 15.9. The third-order valence-electron chi connectivity index (χ3n) is 3.95. The van der Waals surface area contributed by atoms with Gasteiger partial charge < -0.3 is 14.2 Å². The van der Waals surface area contributed by atoms with Crippen molar-refractivity contribution < 1.29 is 23.8 Å². The number of benzene rings is 2. The van der Waals surface area contributed by atoms with Gasteiger partial charge in [0.05, 0.1) is 14.2 Å². The highest BCUT2D eigenvalue weighted by molar-refractivity contribution is 6.09. The predicted octanol–water partition coefficient (Wildman–Crippen LogP) is 2.70. The molecular formula is C19H16O5. The number of cyclic esters (lactones) is 1. The van der Waals surface area contributed by atoms with Crippen LogP contribution in [0.3, 0.4) is 0 Å². The van der Waals surface area contributed by atoms with Crippen molar-refractivity contribution in [3.63, 3.8) is 0 Å². The van der Waals surface area contributed by atoms with Crippen molar-refractivity contribution in [2.45, 2.75) is 5.60 Å². The second-order valence-corrected chi connectivity index (χ2v) is 5.25. The number of rotatable bonds is 4. The minimum Gasteiger partial charge on any atom is -0.497 e. The Labute approximate surface area is 139 Å². The van der Waals surface area contributed by atoms with Gasteiger partial charge in [0, 0.05) is 17.2 Å². The highest BCUT2D eigenvalue weighted by Crippen LogP contribution is 2.45. The van der Waals surface area contributed by atoms with E-state index in [9.17, 15) is 9.59 Å². The van der Waals surface area contributed by atoms with Crippen LogP contribution < -0.4 is 4.74 Å². The van der Waals surface area contributed by atoms with Gasteiger partial charge in [-0.05, 0) is 17.7 Å². The number of methoxy groups -OCH3 is 2. The lowest BCUT2D eigenvalue weighted by Crippen LogP contribution is -2.39. The minimum absolute atomic E-state index is 0.438. The van der Waals surface area contributed by atoms with E-state index < -0.39 is 17.5 Å². The third kappa shape index (κ3) is 2.44. The molecule has 1 atom stereocenters. The van der Waals surface area contributed by atoms with Crippen LogP contribution in [0, 0.1) is 0 Å². The molecule has 122 valence electrons. The first-order chi connectivity index (χ1) is 11.6. The Morgan fingerprint density at radius 1 is 1.00 bits per heavy atom. The Bertz CT molecular complexity index is 792. The second-order valence-electron chi connectivity index (χ2n) is 5.25. The second kappa shape index (κ2) is 6.20. The first-order valence-corrected chi connectivity index (χ1v) is 7.35. The van der Waals surface area contributed by atoms with Crippen molar-refractivity contribution >= 4 is 17.5 Å². The number of esters is 2. The summed E-state index contributed by atoms with van der Waals surface area (Å²) in [6.07, 6.45) is 1.33. The van der Waals surface area contributed by atoms with Gasteiger partial charge in [-0.2, -0.15) is 0 Å². The van der Waals surface area contributed by atoms with E-state index in [1.807, 2.05) is 6.07 Å². The molecule has 0 saturated heterocycles. The summed E-state index contributed by atoms with van der Waals surface area (Å²) in [5, 5.41) is 0. The summed E-state index contributed by atoms with van der Waals surface area (Å²) >= 11 is 0. The number of carbonyl (C=O) groups is 2. The molecule has 5 nitrogen and oxygen atoms in total. The van der Waals surface area contributed by atoms with Crippen LogP contribution in [0.25, 0.3) is 5.57 Å². The van der Waals surface area contributed by atoms with Crippen molar-refractivity contribution in [3.05, 3.63) is 71.8 Å². The summed E-state index contributed by atoms with van der Waals surface area (Å²) in [7, 11) is 2.84. The molecule has 0 spiro atoms. The normalized spacial score (nSPS) is 19.4. The Morgan fingerprint density at radius 2 is 1.67 bits per heavy atom. The van der Waals surface area contributed by atoms with E-state index in [0.717, 1.165) is 0 Å². The van der Waals surface area contributed by atoms with Crippen LogP contribution in [0.4, 0.5) is 0 Å². The lowest BCUT2D eigenvalue weighted by molar-refractivity contribution is -0.169. The van der Waals surface area contributed by atoms with Gasteiger partial charge in [0.25, 0.3) is 5.60 Å². The molecule has 0 aromatic heterocycles. The number of hydrogen-bond donors (Lipinski definition) is 0. The third-order valence-corrected chi connectivity index (χ3v) is 3.95. The molecule has 0 unspecified atom stereocenters. The average molecular weight is 324 g/mol. The van der Waals surface area contributed by atoms with Crippen LogP contribution in [0.5, 0.6) is 5.75 Å². The van der Waals surface area contributed by atoms with E-state index in [1.165, 1.54) is 13.2 Å². The molecule has 1 aliphatic rings. The standard InChI is InChI=1S/C19H16O5/c1-22-15-10-8-13(9-11-15)16-12-17(20)24-19(16,18(21)23-2)14-6-4-3-5-7-14/h3-12H,1-2H3/t19-/m0/s1. The monoisotopic (exact) mass is 324 g/mol.